The summed E-state index contributed by atoms with van der Waals surface area (Å²) in [6.45, 7) is 4.04. The number of para-hydroxylation sites is 2. The Labute approximate surface area is 155 Å². The number of hydrogen-bond acceptors (Lipinski definition) is 3. The SMILES string of the molecule is COc1ccccc1NC(=O)N[C@@H]1CC(C)(C)Oc2ccc(Br)cc21. The van der Waals surface area contributed by atoms with Gasteiger partial charge in [-0.25, -0.2) is 4.79 Å². The third-order valence-electron chi connectivity index (χ3n) is 4.09. The smallest absolute Gasteiger partial charge is 0.319 e. The zero-order valence-corrected chi connectivity index (χ0v) is 16.0. The standard InChI is InChI=1S/C19H21BrN2O3/c1-19(2)11-15(13-10-12(20)8-9-16(13)25-19)22-18(23)21-14-6-4-5-7-17(14)24-3/h4-10,15H,11H2,1-3H3,(H2,21,22,23)/t15-/m1/s1. The minimum absolute atomic E-state index is 0.147. The van der Waals surface area contributed by atoms with Gasteiger partial charge in [-0.1, -0.05) is 28.1 Å². The van der Waals surface area contributed by atoms with E-state index in [-0.39, 0.29) is 17.7 Å². The van der Waals surface area contributed by atoms with Gasteiger partial charge in [-0.3, -0.25) is 0 Å². The van der Waals surface area contributed by atoms with Crippen molar-refractivity contribution in [2.75, 3.05) is 12.4 Å². The predicted octanol–water partition coefficient (Wildman–Crippen LogP) is 4.88. The maximum Gasteiger partial charge on any atom is 0.319 e. The van der Waals surface area contributed by atoms with Crippen LogP contribution in [0.25, 0.3) is 0 Å². The summed E-state index contributed by atoms with van der Waals surface area (Å²) in [6.07, 6.45) is 0.676. The van der Waals surface area contributed by atoms with E-state index in [1.54, 1.807) is 19.2 Å². The molecule has 3 rings (SSSR count). The van der Waals surface area contributed by atoms with Crippen LogP contribution >= 0.6 is 15.9 Å². The Bertz CT molecular complexity index is 792. The van der Waals surface area contributed by atoms with Crippen molar-refractivity contribution in [1.82, 2.24) is 5.32 Å². The fourth-order valence-electron chi connectivity index (χ4n) is 3.02. The number of rotatable bonds is 3. The first kappa shape index (κ1) is 17.6. The fourth-order valence-corrected chi connectivity index (χ4v) is 3.40. The molecule has 0 radical (unpaired) electrons. The molecule has 2 aromatic carbocycles. The molecule has 1 aliphatic heterocycles. The lowest BCUT2D eigenvalue weighted by Gasteiger charge is -2.38. The number of anilines is 1. The Hall–Kier alpha value is -2.21. The summed E-state index contributed by atoms with van der Waals surface area (Å²) in [5.41, 5.74) is 1.23. The Kier molecular flexibility index (Phi) is 4.90. The molecule has 0 aromatic heterocycles. The van der Waals surface area contributed by atoms with Gasteiger partial charge in [-0.15, -0.1) is 0 Å². The molecule has 132 valence electrons. The fraction of sp³-hybridized carbons (Fsp3) is 0.316. The first-order chi connectivity index (χ1) is 11.9. The second-order valence-corrected chi connectivity index (χ2v) is 7.52. The minimum Gasteiger partial charge on any atom is -0.495 e. The highest BCUT2D eigenvalue weighted by Gasteiger charge is 2.34. The summed E-state index contributed by atoms with van der Waals surface area (Å²) in [5, 5.41) is 5.91. The van der Waals surface area contributed by atoms with Crippen LogP contribution in [0.1, 0.15) is 31.9 Å². The number of benzene rings is 2. The van der Waals surface area contributed by atoms with E-state index in [1.165, 1.54) is 0 Å². The molecule has 0 bridgehead atoms. The van der Waals surface area contributed by atoms with E-state index < -0.39 is 0 Å². The summed E-state index contributed by atoms with van der Waals surface area (Å²) < 4.78 is 12.3. The van der Waals surface area contributed by atoms with Crippen LogP contribution in [-0.4, -0.2) is 18.7 Å². The number of fused-ring (bicyclic) bond motifs is 1. The molecule has 5 nitrogen and oxygen atoms in total. The van der Waals surface area contributed by atoms with Crippen molar-refractivity contribution in [3.05, 3.63) is 52.5 Å². The molecule has 1 aliphatic rings. The lowest BCUT2D eigenvalue weighted by molar-refractivity contribution is 0.0682. The van der Waals surface area contributed by atoms with Crippen LogP contribution in [0.15, 0.2) is 46.9 Å². The van der Waals surface area contributed by atoms with Gasteiger partial charge in [0.1, 0.15) is 17.1 Å². The Morgan fingerprint density at radius 3 is 2.80 bits per heavy atom. The first-order valence-corrected chi connectivity index (χ1v) is 8.86. The monoisotopic (exact) mass is 404 g/mol. The van der Waals surface area contributed by atoms with Gasteiger partial charge < -0.3 is 20.1 Å². The Morgan fingerprint density at radius 1 is 1.28 bits per heavy atom. The molecule has 1 atom stereocenters. The van der Waals surface area contributed by atoms with E-state index in [0.29, 0.717) is 17.9 Å². The summed E-state index contributed by atoms with van der Waals surface area (Å²) in [4.78, 5) is 12.5. The van der Waals surface area contributed by atoms with E-state index >= 15 is 0 Å². The van der Waals surface area contributed by atoms with E-state index in [2.05, 4.69) is 26.6 Å². The number of amides is 2. The van der Waals surface area contributed by atoms with Crippen molar-refractivity contribution in [1.29, 1.82) is 0 Å². The van der Waals surface area contributed by atoms with Crippen LogP contribution in [0.2, 0.25) is 0 Å². The molecule has 0 unspecified atom stereocenters. The van der Waals surface area contributed by atoms with Gasteiger partial charge in [0.2, 0.25) is 0 Å². The average molecular weight is 405 g/mol. The van der Waals surface area contributed by atoms with Gasteiger partial charge in [0.15, 0.2) is 0 Å². The molecule has 0 saturated carbocycles. The molecule has 0 saturated heterocycles. The first-order valence-electron chi connectivity index (χ1n) is 8.07. The molecule has 25 heavy (non-hydrogen) atoms. The van der Waals surface area contributed by atoms with Crippen LogP contribution in [0.5, 0.6) is 11.5 Å². The molecule has 6 heteroatoms. The lowest BCUT2D eigenvalue weighted by Crippen LogP contribution is -2.42. The van der Waals surface area contributed by atoms with E-state index in [1.807, 2.05) is 44.2 Å². The van der Waals surface area contributed by atoms with Crippen LogP contribution in [0.4, 0.5) is 10.5 Å². The zero-order chi connectivity index (χ0) is 18.0. The molecule has 2 N–H and O–H groups in total. The predicted molar refractivity (Wildman–Crippen MR) is 101 cm³/mol. The second kappa shape index (κ2) is 6.96. The van der Waals surface area contributed by atoms with Gasteiger partial charge in [-0.2, -0.15) is 0 Å². The third kappa shape index (κ3) is 4.07. The van der Waals surface area contributed by atoms with Crippen molar-refractivity contribution < 1.29 is 14.3 Å². The molecule has 1 heterocycles. The van der Waals surface area contributed by atoms with Crippen molar-refractivity contribution >= 4 is 27.6 Å². The maximum atomic E-state index is 12.5. The Morgan fingerprint density at radius 2 is 2.04 bits per heavy atom. The highest BCUT2D eigenvalue weighted by atomic mass is 79.9. The molecular weight excluding hydrogens is 384 g/mol. The van der Waals surface area contributed by atoms with Gasteiger partial charge in [0.05, 0.1) is 18.8 Å². The van der Waals surface area contributed by atoms with Gasteiger partial charge >= 0.3 is 6.03 Å². The zero-order valence-electron chi connectivity index (χ0n) is 14.4. The molecule has 0 spiro atoms. The number of carbonyl (C=O) groups excluding carboxylic acids is 1. The number of carbonyl (C=O) groups is 1. The van der Waals surface area contributed by atoms with Crippen molar-refractivity contribution in [2.45, 2.75) is 31.9 Å². The maximum absolute atomic E-state index is 12.5. The molecule has 2 amide bonds. The van der Waals surface area contributed by atoms with Crippen LogP contribution in [0, 0.1) is 0 Å². The molecule has 0 aliphatic carbocycles. The van der Waals surface area contributed by atoms with Crippen molar-refractivity contribution in [3.63, 3.8) is 0 Å². The van der Waals surface area contributed by atoms with Crippen LogP contribution in [-0.2, 0) is 0 Å². The lowest BCUT2D eigenvalue weighted by atomic mass is 9.90. The number of halogens is 1. The Balaban J connectivity index is 1.80. The number of ether oxygens (including phenoxy) is 2. The van der Waals surface area contributed by atoms with E-state index in [4.69, 9.17) is 9.47 Å². The van der Waals surface area contributed by atoms with Gasteiger partial charge in [-0.05, 0) is 44.2 Å². The van der Waals surface area contributed by atoms with E-state index in [0.717, 1.165) is 15.8 Å². The summed E-state index contributed by atoms with van der Waals surface area (Å²) >= 11 is 3.48. The highest BCUT2D eigenvalue weighted by Crippen LogP contribution is 2.40. The quantitative estimate of drug-likeness (QED) is 0.765. The van der Waals surface area contributed by atoms with Gasteiger partial charge in [0.25, 0.3) is 0 Å². The third-order valence-corrected chi connectivity index (χ3v) is 4.58. The second-order valence-electron chi connectivity index (χ2n) is 6.60. The van der Waals surface area contributed by atoms with Crippen molar-refractivity contribution in [2.24, 2.45) is 0 Å². The number of hydrogen-bond donors (Lipinski definition) is 2. The number of urea groups is 1. The normalized spacial score (nSPS) is 17.8. The highest BCUT2D eigenvalue weighted by molar-refractivity contribution is 9.10. The van der Waals surface area contributed by atoms with Crippen LogP contribution in [0.3, 0.4) is 0 Å². The molecular formula is C19H21BrN2O3. The average Bonchev–Trinajstić information content (AvgIpc) is 2.55. The topological polar surface area (TPSA) is 59.6 Å². The van der Waals surface area contributed by atoms with Gasteiger partial charge in [0, 0.05) is 16.5 Å². The van der Waals surface area contributed by atoms with Crippen molar-refractivity contribution in [3.8, 4) is 11.5 Å². The van der Waals surface area contributed by atoms with E-state index in [9.17, 15) is 4.79 Å². The number of methoxy groups -OCH3 is 1. The minimum atomic E-state index is -0.358. The van der Waals surface area contributed by atoms with Crippen LogP contribution < -0.4 is 20.1 Å². The largest absolute Gasteiger partial charge is 0.495 e. The molecule has 2 aromatic rings. The molecule has 0 fully saturated rings. The number of nitrogens with one attached hydrogen (secondary N) is 2. The summed E-state index contributed by atoms with van der Waals surface area (Å²) in [5.74, 6) is 1.41. The summed E-state index contributed by atoms with van der Waals surface area (Å²) in [7, 11) is 1.58. The summed E-state index contributed by atoms with van der Waals surface area (Å²) in [6, 6.07) is 12.7.